The fraction of sp³-hybridized carbons (Fsp3) is 0.538. The summed E-state index contributed by atoms with van der Waals surface area (Å²) in [4.78, 5) is 5.61. The lowest BCUT2D eigenvalue weighted by atomic mass is 9.95. The fourth-order valence-corrected chi connectivity index (χ4v) is 4.13. The molecule has 0 spiro atoms. The van der Waals surface area contributed by atoms with E-state index in [0.717, 1.165) is 28.6 Å². The van der Waals surface area contributed by atoms with Crippen LogP contribution < -0.4 is 5.32 Å². The summed E-state index contributed by atoms with van der Waals surface area (Å²) in [7, 11) is 1.91. The van der Waals surface area contributed by atoms with Gasteiger partial charge in [0.2, 0.25) is 0 Å². The Kier molecular flexibility index (Phi) is 4.05. The van der Waals surface area contributed by atoms with E-state index in [1.54, 1.807) is 0 Å². The van der Waals surface area contributed by atoms with Gasteiger partial charge in [0.15, 0.2) is 0 Å². The van der Waals surface area contributed by atoms with Crippen molar-refractivity contribution < 1.29 is 0 Å². The van der Waals surface area contributed by atoms with Gasteiger partial charge >= 0.3 is 0 Å². The first-order valence-corrected chi connectivity index (χ1v) is 7.39. The van der Waals surface area contributed by atoms with E-state index in [2.05, 4.69) is 22.4 Å². The van der Waals surface area contributed by atoms with Crippen LogP contribution in [0.25, 0.3) is 0 Å². The minimum atomic E-state index is -0.103. The largest absolute Gasteiger partial charge is 0.381 e. The van der Waals surface area contributed by atoms with Gasteiger partial charge in [-0.15, -0.1) is 11.8 Å². The Morgan fingerprint density at radius 3 is 2.88 bits per heavy atom. The second-order valence-electron chi connectivity index (χ2n) is 4.38. The molecule has 0 aliphatic carbocycles. The highest BCUT2D eigenvalue weighted by molar-refractivity contribution is 8.02. The van der Waals surface area contributed by atoms with Crippen LogP contribution >= 0.6 is 24.0 Å². The van der Waals surface area contributed by atoms with Crippen LogP contribution in [0.4, 0.5) is 0 Å². The van der Waals surface area contributed by atoms with Gasteiger partial charge < -0.3 is 5.32 Å². The predicted molar refractivity (Wildman–Crippen MR) is 78.6 cm³/mol. The third-order valence-electron chi connectivity index (χ3n) is 3.17. The van der Waals surface area contributed by atoms with Gasteiger partial charge in [0, 0.05) is 12.7 Å². The van der Waals surface area contributed by atoms with Gasteiger partial charge in [0.1, 0.15) is 4.75 Å². The molecular weight excluding hydrogens is 248 g/mol. The first-order valence-electron chi connectivity index (χ1n) is 5.99. The molecule has 0 saturated carbocycles. The summed E-state index contributed by atoms with van der Waals surface area (Å²) in [5.74, 6) is 1.16. The zero-order chi connectivity index (χ0) is 12.3. The summed E-state index contributed by atoms with van der Waals surface area (Å²) in [5, 5.41) is 3.16. The van der Waals surface area contributed by atoms with Crippen molar-refractivity contribution in [3.8, 4) is 0 Å². The number of thiocarbonyl (C=S) groups is 1. The lowest BCUT2D eigenvalue weighted by molar-refractivity contribution is 0.609. The molecule has 17 heavy (non-hydrogen) atoms. The maximum atomic E-state index is 5.54. The van der Waals surface area contributed by atoms with Crippen molar-refractivity contribution in [1.82, 2.24) is 10.3 Å². The van der Waals surface area contributed by atoms with Gasteiger partial charge in [-0.1, -0.05) is 24.7 Å². The third-order valence-corrected chi connectivity index (χ3v) is 5.45. The molecule has 2 heterocycles. The van der Waals surface area contributed by atoms with Gasteiger partial charge in [-0.2, -0.15) is 0 Å². The van der Waals surface area contributed by atoms with Crippen molar-refractivity contribution >= 4 is 29.0 Å². The lowest BCUT2D eigenvalue weighted by Gasteiger charge is -2.36. The van der Waals surface area contributed by atoms with Crippen molar-refractivity contribution in [2.45, 2.75) is 30.9 Å². The van der Waals surface area contributed by atoms with Gasteiger partial charge in [-0.3, -0.25) is 4.98 Å². The molecule has 1 unspecified atom stereocenters. The van der Waals surface area contributed by atoms with E-state index in [9.17, 15) is 0 Å². The number of nitrogens with zero attached hydrogens (tertiary/aromatic N) is 1. The minimum absolute atomic E-state index is 0.103. The highest BCUT2D eigenvalue weighted by atomic mass is 32.2. The highest BCUT2D eigenvalue weighted by Crippen LogP contribution is 2.44. The quantitative estimate of drug-likeness (QED) is 0.832. The SMILES string of the molecule is CNC(=S)C1(c2cccc(C)n2)CCCCS1. The summed E-state index contributed by atoms with van der Waals surface area (Å²) in [6, 6.07) is 6.22. The molecule has 1 aliphatic rings. The van der Waals surface area contributed by atoms with Crippen molar-refractivity contribution in [2.75, 3.05) is 12.8 Å². The van der Waals surface area contributed by atoms with E-state index < -0.39 is 0 Å². The average molecular weight is 266 g/mol. The van der Waals surface area contributed by atoms with Crippen molar-refractivity contribution in [3.63, 3.8) is 0 Å². The summed E-state index contributed by atoms with van der Waals surface area (Å²) in [5.41, 5.74) is 2.17. The molecule has 0 amide bonds. The Hall–Kier alpha value is -0.610. The second-order valence-corrected chi connectivity index (χ2v) is 6.18. The highest BCUT2D eigenvalue weighted by Gasteiger charge is 2.39. The molecule has 1 aromatic rings. The van der Waals surface area contributed by atoms with E-state index in [1.165, 1.54) is 12.8 Å². The van der Waals surface area contributed by atoms with Crippen LogP contribution in [0.1, 0.15) is 30.7 Å². The number of likely N-dealkylation sites (N-methyl/N-ethyl adjacent to an activating group) is 1. The van der Waals surface area contributed by atoms with Crippen molar-refractivity contribution in [3.05, 3.63) is 29.6 Å². The monoisotopic (exact) mass is 266 g/mol. The summed E-state index contributed by atoms with van der Waals surface area (Å²) in [6.45, 7) is 2.03. The maximum absolute atomic E-state index is 5.54. The van der Waals surface area contributed by atoms with E-state index in [-0.39, 0.29) is 4.75 Å². The standard InChI is InChI=1S/C13H18N2S2/c1-10-6-5-7-11(15-10)13(12(16)14-2)8-3-4-9-17-13/h5-7H,3-4,8-9H2,1-2H3,(H,14,16). The summed E-state index contributed by atoms with van der Waals surface area (Å²) < 4.78 is -0.103. The predicted octanol–water partition coefficient (Wildman–Crippen LogP) is 3.05. The van der Waals surface area contributed by atoms with Crippen molar-refractivity contribution in [1.29, 1.82) is 0 Å². The second kappa shape index (κ2) is 5.36. The Balaban J connectivity index is 2.42. The number of hydrogen-bond donors (Lipinski definition) is 1. The van der Waals surface area contributed by atoms with Crippen LogP contribution in [-0.4, -0.2) is 22.8 Å². The molecule has 2 nitrogen and oxygen atoms in total. The number of thioether (sulfide) groups is 1. The molecule has 0 aromatic carbocycles. The van der Waals surface area contributed by atoms with E-state index >= 15 is 0 Å². The average Bonchev–Trinajstić information content (AvgIpc) is 2.38. The van der Waals surface area contributed by atoms with E-state index in [1.807, 2.05) is 31.8 Å². The first-order chi connectivity index (χ1) is 8.19. The molecule has 1 saturated heterocycles. The molecular formula is C13H18N2S2. The molecule has 0 radical (unpaired) electrons. The molecule has 1 aliphatic heterocycles. The van der Waals surface area contributed by atoms with Crippen molar-refractivity contribution in [2.24, 2.45) is 0 Å². The Labute approximate surface area is 113 Å². The molecule has 1 atom stereocenters. The van der Waals surface area contributed by atoms with E-state index in [4.69, 9.17) is 12.2 Å². The van der Waals surface area contributed by atoms with Crippen LogP contribution in [0.2, 0.25) is 0 Å². The molecule has 1 N–H and O–H groups in total. The number of aryl methyl sites for hydroxylation is 1. The summed E-state index contributed by atoms with van der Waals surface area (Å²) in [6.07, 6.45) is 3.60. The van der Waals surface area contributed by atoms with Gasteiger partial charge in [-0.25, -0.2) is 0 Å². The number of hydrogen-bond acceptors (Lipinski definition) is 3. The maximum Gasteiger partial charge on any atom is 0.108 e. The van der Waals surface area contributed by atoms with Crippen LogP contribution in [-0.2, 0) is 4.75 Å². The fourth-order valence-electron chi connectivity index (χ4n) is 2.26. The first kappa shape index (κ1) is 12.8. The zero-order valence-electron chi connectivity index (χ0n) is 10.3. The van der Waals surface area contributed by atoms with Gasteiger partial charge in [-0.05, 0) is 37.7 Å². The molecule has 4 heteroatoms. The molecule has 1 aromatic heterocycles. The molecule has 1 fully saturated rings. The molecule has 92 valence electrons. The third kappa shape index (κ3) is 2.47. The Bertz CT molecular complexity index is 412. The van der Waals surface area contributed by atoms with E-state index in [0.29, 0.717) is 0 Å². The van der Waals surface area contributed by atoms with Crippen LogP contribution in [0, 0.1) is 6.92 Å². The van der Waals surface area contributed by atoms with Gasteiger partial charge in [0.25, 0.3) is 0 Å². The summed E-state index contributed by atoms with van der Waals surface area (Å²) >= 11 is 7.48. The zero-order valence-corrected chi connectivity index (χ0v) is 12.0. The van der Waals surface area contributed by atoms with Crippen LogP contribution in [0.3, 0.4) is 0 Å². The minimum Gasteiger partial charge on any atom is -0.381 e. The molecule has 2 rings (SSSR count). The number of nitrogens with one attached hydrogen (secondary N) is 1. The topological polar surface area (TPSA) is 24.9 Å². The Morgan fingerprint density at radius 1 is 1.47 bits per heavy atom. The number of aromatic nitrogens is 1. The number of rotatable bonds is 2. The smallest absolute Gasteiger partial charge is 0.108 e. The van der Waals surface area contributed by atoms with Crippen LogP contribution in [0.5, 0.6) is 0 Å². The lowest BCUT2D eigenvalue weighted by Crippen LogP contribution is -2.41. The normalized spacial score (nSPS) is 24.4. The van der Waals surface area contributed by atoms with Gasteiger partial charge in [0.05, 0.1) is 10.7 Å². The number of pyridine rings is 1. The van der Waals surface area contributed by atoms with Crippen LogP contribution in [0.15, 0.2) is 18.2 Å². The Morgan fingerprint density at radius 2 is 2.29 bits per heavy atom. The molecule has 0 bridgehead atoms.